The van der Waals surface area contributed by atoms with E-state index in [1.165, 1.54) is 76.2 Å². The van der Waals surface area contributed by atoms with Gasteiger partial charge in [0.15, 0.2) is 0 Å². The molecule has 0 heterocycles. The Hall–Kier alpha value is -0.490. The fraction of sp³-hybridized carbons (Fsp3) is 0.750. The fourth-order valence-corrected chi connectivity index (χ4v) is 3.74. The molecule has 0 amide bonds. The summed E-state index contributed by atoms with van der Waals surface area (Å²) in [7, 11) is 0. The molecule has 0 aliphatic carbocycles. The van der Waals surface area contributed by atoms with Gasteiger partial charge in [0.1, 0.15) is 0 Å². The average molecular weight is 365 g/mol. The summed E-state index contributed by atoms with van der Waals surface area (Å²) in [6.45, 7) is 7.04. The van der Waals surface area contributed by atoms with Crippen molar-refractivity contribution in [2.75, 3.05) is 0 Å². The Morgan fingerprint density at radius 3 is 1.72 bits per heavy atom. The molecule has 25 heavy (non-hydrogen) atoms. The van der Waals surface area contributed by atoms with E-state index in [-0.39, 0.29) is 0 Å². The number of hydrogen-bond acceptors (Lipinski definition) is 0. The van der Waals surface area contributed by atoms with Crippen molar-refractivity contribution in [2.45, 2.75) is 110 Å². The quantitative estimate of drug-likeness (QED) is 0.229. The van der Waals surface area contributed by atoms with Gasteiger partial charge in [-0.05, 0) is 30.2 Å². The third kappa shape index (κ3) is 14.4. The summed E-state index contributed by atoms with van der Waals surface area (Å²) >= 11 is 6.47. The minimum atomic E-state index is 0.301. The van der Waals surface area contributed by atoms with Crippen molar-refractivity contribution in [1.29, 1.82) is 0 Å². The normalized spacial score (nSPS) is 13.1. The molecule has 0 radical (unpaired) electrons. The Bertz CT molecular complexity index is 404. The van der Waals surface area contributed by atoms with Gasteiger partial charge < -0.3 is 0 Å². The number of unbranched alkanes of at least 4 members (excludes halogenated alkanes) is 9. The Morgan fingerprint density at radius 1 is 0.720 bits per heavy atom. The molecule has 0 N–H and O–H groups in total. The lowest BCUT2D eigenvalue weighted by atomic mass is 9.89. The second-order valence-corrected chi connectivity index (χ2v) is 9.54. The summed E-state index contributed by atoms with van der Waals surface area (Å²) in [6.07, 6.45) is 17.5. The molecule has 0 saturated carbocycles. The van der Waals surface area contributed by atoms with Crippen LogP contribution in [0.4, 0.5) is 0 Å². The Balaban J connectivity index is 1.83. The van der Waals surface area contributed by atoms with E-state index in [0.717, 1.165) is 12.8 Å². The van der Waals surface area contributed by atoms with Gasteiger partial charge in [0, 0.05) is 5.38 Å². The van der Waals surface area contributed by atoms with Gasteiger partial charge in [-0.15, -0.1) is 11.6 Å². The average Bonchev–Trinajstić information content (AvgIpc) is 2.56. The summed E-state index contributed by atoms with van der Waals surface area (Å²) in [4.78, 5) is 0. The lowest BCUT2D eigenvalue weighted by molar-refractivity contribution is 0.356. The molecule has 1 aromatic carbocycles. The molecular formula is C24H41Cl. The summed E-state index contributed by atoms with van der Waals surface area (Å²) in [5.41, 5.74) is 1.88. The number of hydrogen-bond donors (Lipinski definition) is 0. The summed E-state index contributed by atoms with van der Waals surface area (Å²) in [6, 6.07) is 10.6. The van der Waals surface area contributed by atoms with Gasteiger partial charge in [0.2, 0.25) is 0 Å². The molecule has 0 aromatic heterocycles. The molecule has 144 valence electrons. The molecule has 1 aromatic rings. The van der Waals surface area contributed by atoms with Crippen molar-refractivity contribution in [3.8, 4) is 0 Å². The number of benzene rings is 1. The molecule has 0 fully saturated rings. The van der Waals surface area contributed by atoms with Gasteiger partial charge in [-0.3, -0.25) is 0 Å². The molecule has 0 spiro atoms. The molecule has 1 heteroatoms. The van der Waals surface area contributed by atoms with Gasteiger partial charge in [-0.1, -0.05) is 115 Å². The zero-order valence-electron chi connectivity index (χ0n) is 17.0. The first-order valence-corrected chi connectivity index (χ1v) is 11.1. The first kappa shape index (κ1) is 22.6. The highest BCUT2D eigenvalue weighted by atomic mass is 35.5. The smallest absolute Gasteiger partial charge is 0.0376 e. The third-order valence-corrected chi connectivity index (χ3v) is 5.37. The van der Waals surface area contributed by atoms with Crippen molar-refractivity contribution in [2.24, 2.45) is 5.41 Å². The first-order chi connectivity index (χ1) is 12.0. The van der Waals surface area contributed by atoms with Crippen molar-refractivity contribution in [3.05, 3.63) is 35.9 Å². The maximum absolute atomic E-state index is 6.47. The minimum Gasteiger partial charge on any atom is -0.123 e. The van der Waals surface area contributed by atoms with Crippen LogP contribution in [0, 0.1) is 5.41 Å². The van der Waals surface area contributed by atoms with Crippen LogP contribution in [0.5, 0.6) is 0 Å². The lowest BCUT2D eigenvalue weighted by Gasteiger charge is -2.17. The lowest BCUT2D eigenvalue weighted by Crippen LogP contribution is -2.03. The van der Waals surface area contributed by atoms with E-state index in [0.29, 0.717) is 10.8 Å². The molecular weight excluding hydrogens is 324 g/mol. The highest BCUT2D eigenvalue weighted by Gasteiger charge is 2.08. The molecule has 1 rings (SSSR count). The van der Waals surface area contributed by atoms with E-state index in [1.54, 1.807) is 0 Å². The largest absolute Gasteiger partial charge is 0.123 e. The number of halogens is 1. The van der Waals surface area contributed by atoms with Crippen LogP contribution in [-0.2, 0) is 6.42 Å². The topological polar surface area (TPSA) is 0 Å². The van der Waals surface area contributed by atoms with Crippen LogP contribution in [-0.4, -0.2) is 5.38 Å². The van der Waals surface area contributed by atoms with E-state index in [9.17, 15) is 0 Å². The Morgan fingerprint density at radius 2 is 1.20 bits per heavy atom. The minimum absolute atomic E-state index is 0.301. The van der Waals surface area contributed by atoms with E-state index in [4.69, 9.17) is 11.6 Å². The van der Waals surface area contributed by atoms with Gasteiger partial charge in [0.05, 0.1) is 0 Å². The predicted molar refractivity (Wildman–Crippen MR) is 115 cm³/mol. The van der Waals surface area contributed by atoms with Crippen LogP contribution < -0.4 is 0 Å². The molecule has 0 nitrogen and oxygen atoms in total. The zero-order valence-corrected chi connectivity index (χ0v) is 17.8. The van der Waals surface area contributed by atoms with Gasteiger partial charge in [0.25, 0.3) is 0 Å². The van der Waals surface area contributed by atoms with Crippen LogP contribution in [0.1, 0.15) is 103 Å². The third-order valence-electron chi connectivity index (χ3n) is 4.99. The summed E-state index contributed by atoms with van der Waals surface area (Å²) < 4.78 is 0. The van der Waals surface area contributed by atoms with Gasteiger partial charge >= 0.3 is 0 Å². The Labute approximate surface area is 162 Å². The van der Waals surface area contributed by atoms with Crippen LogP contribution in [0.15, 0.2) is 30.3 Å². The van der Waals surface area contributed by atoms with Crippen LogP contribution in [0.2, 0.25) is 0 Å². The Kier molecular flexibility index (Phi) is 12.3. The second kappa shape index (κ2) is 13.7. The van der Waals surface area contributed by atoms with Crippen molar-refractivity contribution >= 4 is 11.6 Å². The molecule has 0 aliphatic rings. The van der Waals surface area contributed by atoms with Crippen LogP contribution >= 0.6 is 11.6 Å². The molecule has 0 bridgehead atoms. The van der Waals surface area contributed by atoms with Gasteiger partial charge in [-0.2, -0.15) is 0 Å². The van der Waals surface area contributed by atoms with E-state index >= 15 is 0 Å². The van der Waals surface area contributed by atoms with E-state index < -0.39 is 0 Å². The SMILES string of the molecule is CC(C)(C)CCCCCCCCCCCCC(Cl)Cc1ccccc1. The fourth-order valence-electron chi connectivity index (χ4n) is 3.41. The maximum Gasteiger partial charge on any atom is 0.0376 e. The summed E-state index contributed by atoms with van der Waals surface area (Å²) in [5.74, 6) is 0. The van der Waals surface area contributed by atoms with Gasteiger partial charge in [-0.25, -0.2) is 0 Å². The van der Waals surface area contributed by atoms with E-state index in [2.05, 4.69) is 51.1 Å². The van der Waals surface area contributed by atoms with Crippen LogP contribution in [0.3, 0.4) is 0 Å². The molecule has 0 saturated heterocycles. The summed E-state index contributed by atoms with van der Waals surface area (Å²) in [5, 5.41) is 0.301. The highest BCUT2D eigenvalue weighted by molar-refractivity contribution is 6.20. The zero-order chi connectivity index (χ0) is 18.4. The first-order valence-electron chi connectivity index (χ1n) is 10.7. The maximum atomic E-state index is 6.47. The number of rotatable bonds is 14. The second-order valence-electron chi connectivity index (χ2n) is 8.92. The number of alkyl halides is 1. The van der Waals surface area contributed by atoms with Crippen molar-refractivity contribution in [3.63, 3.8) is 0 Å². The molecule has 0 aliphatic heterocycles. The van der Waals surface area contributed by atoms with Crippen molar-refractivity contribution in [1.82, 2.24) is 0 Å². The monoisotopic (exact) mass is 364 g/mol. The standard InChI is InChI=1S/C24H41Cl/c1-24(2,3)20-16-11-9-7-5-4-6-8-10-15-19-23(25)21-22-17-13-12-14-18-22/h12-14,17-18,23H,4-11,15-16,19-21H2,1-3H3. The highest BCUT2D eigenvalue weighted by Crippen LogP contribution is 2.22. The van der Waals surface area contributed by atoms with E-state index in [1.807, 2.05) is 0 Å². The molecule has 1 atom stereocenters. The molecule has 1 unspecified atom stereocenters. The predicted octanol–water partition coefficient (Wildman–Crippen LogP) is 8.56. The van der Waals surface area contributed by atoms with Crippen LogP contribution in [0.25, 0.3) is 0 Å². The van der Waals surface area contributed by atoms with Crippen molar-refractivity contribution < 1.29 is 0 Å².